The first-order valence-corrected chi connectivity index (χ1v) is 11.8. The van der Waals surface area contributed by atoms with Crippen LogP contribution in [0.4, 0.5) is 0 Å². The van der Waals surface area contributed by atoms with Crippen molar-refractivity contribution in [1.29, 1.82) is 0 Å². The van der Waals surface area contributed by atoms with Crippen molar-refractivity contribution in [3.63, 3.8) is 0 Å². The van der Waals surface area contributed by atoms with Crippen molar-refractivity contribution in [1.82, 2.24) is 4.98 Å². The van der Waals surface area contributed by atoms with Crippen LogP contribution in [0.15, 0.2) is 22.6 Å². The first kappa shape index (κ1) is 19.9. The minimum Gasteiger partial charge on any atom is -0.107 e. The van der Waals surface area contributed by atoms with Gasteiger partial charge in [0.15, 0.2) is 0 Å². The Morgan fingerprint density at radius 3 is 2.44 bits per heavy atom. The Hall–Kier alpha value is 1.61. The van der Waals surface area contributed by atoms with Crippen LogP contribution in [0.2, 0.25) is 0 Å². The van der Waals surface area contributed by atoms with Gasteiger partial charge in [-0.1, -0.05) is 13.8 Å². The smallest absolute Gasteiger partial charge is 0.107 e. The van der Waals surface area contributed by atoms with E-state index in [1.807, 2.05) is 26.8 Å². The van der Waals surface area contributed by atoms with Crippen molar-refractivity contribution >= 4 is 77.7 Å². The van der Waals surface area contributed by atoms with Crippen LogP contribution in [0.1, 0.15) is 19.7 Å². The van der Waals surface area contributed by atoms with Crippen LogP contribution in [0.5, 0.6) is 0 Å². The van der Waals surface area contributed by atoms with Crippen molar-refractivity contribution in [2.75, 3.05) is 0 Å². The molecule has 0 N–H and O–H groups in total. The maximum Gasteiger partial charge on any atom is -0.107 e. The molecule has 16 heavy (non-hydrogen) atoms. The van der Waals surface area contributed by atoms with Gasteiger partial charge in [-0.3, -0.25) is 0 Å². The molecule has 0 radical (unpaired) electrons. The zero-order valence-corrected chi connectivity index (χ0v) is 18.1. The van der Waals surface area contributed by atoms with E-state index >= 15 is 0 Å². The van der Waals surface area contributed by atoms with Crippen molar-refractivity contribution < 1.29 is 21.6 Å². The molecule has 6 heteroatoms. The molecule has 0 saturated heterocycles. The predicted octanol–water partition coefficient (Wildman–Crippen LogP) is 2.01. The average molecular weight is 672 g/mol. The van der Waals surface area contributed by atoms with Gasteiger partial charge in [0.1, 0.15) is 0 Å². The Kier molecular flexibility index (Phi) is 13.1. The second-order valence-corrected chi connectivity index (χ2v) is 6.80. The number of aryl methyl sites for hydroxylation is 1. The topological polar surface area (TPSA) is 26.0 Å². The van der Waals surface area contributed by atoms with Crippen LogP contribution in [-0.2, 0) is 0 Å². The number of rotatable bonds is 1. The summed E-state index contributed by atoms with van der Waals surface area (Å²) in [5.41, 5.74) is 1.88. The van der Waals surface area contributed by atoms with Gasteiger partial charge >= 0.3 is 90.9 Å². The third kappa shape index (κ3) is 5.50. The summed E-state index contributed by atoms with van der Waals surface area (Å²) < 4.78 is 6.80. The molecule has 0 bridgehead atoms. The number of oxazole rings is 1. The zero-order valence-electron chi connectivity index (χ0n) is 9.16. The summed E-state index contributed by atoms with van der Waals surface area (Å²) in [5.74, 6) is 0.744. The van der Waals surface area contributed by atoms with Gasteiger partial charge in [0.25, 0.3) is 0 Å². The van der Waals surface area contributed by atoms with Gasteiger partial charge in [-0.15, -0.1) is 48.0 Å². The molecule has 0 unspecified atom stereocenters. The fourth-order valence-corrected chi connectivity index (χ4v) is 3.48. The number of benzene rings is 1. The summed E-state index contributed by atoms with van der Waals surface area (Å²) in [6, 6.07) is 6.25. The monoisotopic (exact) mass is 672 g/mol. The summed E-state index contributed by atoms with van der Waals surface area (Å²) in [4.78, 5) is 4.23. The molecule has 2 nitrogen and oxygen atoms in total. The van der Waals surface area contributed by atoms with Crippen LogP contribution < -0.4 is 17.2 Å². The quantitative estimate of drug-likeness (QED) is 0.434. The Morgan fingerprint density at radius 2 is 1.88 bits per heavy atom. The molecule has 1 heterocycles. The SMILES string of the molecule is CC.Cc1nc2ccc([I-]I)cc2o1.I.I. The van der Waals surface area contributed by atoms with E-state index < -0.39 is 0 Å². The van der Waals surface area contributed by atoms with Gasteiger partial charge in [-0.2, -0.15) is 0 Å². The van der Waals surface area contributed by atoms with Gasteiger partial charge in [-0.25, -0.2) is 0 Å². The number of fused-ring (bicyclic) bond motifs is 1. The van der Waals surface area contributed by atoms with Gasteiger partial charge in [0, 0.05) is 0 Å². The van der Waals surface area contributed by atoms with E-state index in [9.17, 15) is 0 Å². The number of halogens is 4. The third-order valence-corrected chi connectivity index (χ3v) is 5.84. The minimum absolute atomic E-state index is 0. The van der Waals surface area contributed by atoms with E-state index in [4.69, 9.17) is 4.42 Å². The molecule has 0 aliphatic rings. The van der Waals surface area contributed by atoms with E-state index in [0.717, 1.165) is 17.0 Å². The maximum absolute atomic E-state index is 5.41. The van der Waals surface area contributed by atoms with Crippen LogP contribution in [0.25, 0.3) is 11.1 Å². The number of hydrogen-bond donors (Lipinski definition) is 0. The molecular formula is C10H14I4NO-. The number of hydrogen-bond acceptors (Lipinski definition) is 2. The summed E-state index contributed by atoms with van der Waals surface area (Å²) >= 11 is 2.57. The van der Waals surface area contributed by atoms with E-state index in [-0.39, 0.29) is 65.2 Å². The first-order chi connectivity index (χ1) is 6.79. The molecule has 1 aromatic heterocycles. The van der Waals surface area contributed by atoms with Gasteiger partial charge < -0.3 is 0 Å². The molecule has 2 aromatic rings. The second-order valence-electron chi connectivity index (χ2n) is 2.42. The van der Waals surface area contributed by atoms with E-state index in [1.54, 1.807) is 0 Å². The summed E-state index contributed by atoms with van der Waals surface area (Å²) in [6.07, 6.45) is 0. The van der Waals surface area contributed by atoms with Crippen LogP contribution in [-0.4, -0.2) is 4.98 Å². The third-order valence-electron chi connectivity index (χ3n) is 1.54. The molecule has 0 aliphatic heterocycles. The average Bonchev–Trinajstić information content (AvgIpc) is 2.59. The summed E-state index contributed by atoms with van der Waals surface area (Å²) in [6.45, 7) is 5.87. The van der Waals surface area contributed by atoms with Gasteiger partial charge in [0.2, 0.25) is 0 Å². The van der Waals surface area contributed by atoms with E-state index in [1.165, 1.54) is 3.57 Å². The fraction of sp³-hybridized carbons (Fsp3) is 0.300. The Balaban J connectivity index is 0. The first-order valence-electron chi connectivity index (χ1n) is 4.43. The van der Waals surface area contributed by atoms with Gasteiger partial charge in [-0.05, 0) is 0 Å². The standard InChI is InChI=1S/C8H6I2NO.C2H6.2HI/c1-5-11-7-3-2-6(10-9)4-8(7)12-5;1-2;;/h2-4H,1H3;1-2H3;2*1H/q-1;;;. The Bertz CT molecular complexity index is 416. The molecular weight excluding hydrogens is 658 g/mol. The molecule has 94 valence electrons. The van der Waals surface area contributed by atoms with Crippen molar-refractivity contribution in [3.8, 4) is 0 Å². The fourth-order valence-electron chi connectivity index (χ4n) is 1.06. The van der Waals surface area contributed by atoms with Crippen molar-refractivity contribution in [2.45, 2.75) is 20.8 Å². The zero-order chi connectivity index (χ0) is 10.6. The van der Waals surface area contributed by atoms with Crippen LogP contribution in [0.3, 0.4) is 0 Å². The molecule has 0 fully saturated rings. The molecule has 1 aromatic carbocycles. The molecule has 0 atom stereocenters. The summed E-state index contributed by atoms with van der Waals surface area (Å²) in [5, 5.41) is 0. The van der Waals surface area contributed by atoms with Crippen LogP contribution >= 0.6 is 66.6 Å². The largest absolute Gasteiger partial charge is 0.107 e. The van der Waals surface area contributed by atoms with E-state index in [2.05, 4.69) is 35.7 Å². The Labute approximate surface area is 150 Å². The molecule has 0 amide bonds. The van der Waals surface area contributed by atoms with Crippen molar-refractivity contribution in [2.24, 2.45) is 0 Å². The molecule has 0 saturated carbocycles. The predicted molar refractivity (Wildman–Crippen MR) is 93.6 cm³/mol. The summed E-state index contributed by atoms with van der Waals surface area (Å²) in [7, 11) is 0. The second kappa shape index (κ2) is 10.5. The molecule has 0 aliphatic carbocycles. The Morgan fingerprint density at radius 1 is 1.25 bits per heavy atom. The minimum atomic E-state index is 0. The van der Waals surface area contributed by atoms with E-state index in [0.29, 0.717) is 0 Å². The normalized spacial score (nSPS) is 8.75. The van der Waals surface area contributed by atoms with Crippen molar-refractivity contribution in [3.05, 3.63) is 27.7 Å². The maximum atomic E-state index is 5.41. The molecule has 0 spiro atoms. The molecule has 2 rings (SSSR count). The number of aromatic nitrogens is 1. The van der Waals surface area contributed by atoms with Crippen LogP contribution in [0, 0.1) is 10.5 Å². The van der Waals surface area contributed by atoms with Gasteiger partial charge in [0.05, 0.1) is 0 Å². The number of nitrogens with zero attached hydrogens (tertiary/aromatic N) is 1.